The van der Waals surface area contributed by atoms with Gasteiger partial charge in [0.1, 0.15) is 6.17 Å². The summed E-state index contributed by atoms with van der Waals surface area (Å²) < 4.78 is 0. The standard InChI is InChI=1S/C8H19N3/c1-5-7(9)10-8(6-2)11(3)4/h8H,5-6H2,1-4H3,(H2,9,10). The van der Waals surface area contributed by atoms with Crippen molar-refractivity contribution in [2.45, 2.75) is 32.9 Å². The Balaban J connectivity index is 4.06. The Morgan fingerprint density at radius 3 is 2.27 bits per heavy atom. The molecule has 3 nitrogen and oxygen atoms in total. The summed E-state index contributed by atoms with van der Waals surface area (Å²) in [5, 5.41) is 0. The van der Waals surface area contributed by atoms with Gasteiger partial charge >= 0.3 is 0 Å². The normalized spacial score (nSPS) is 15.5. The Labute approximate surface area is 69.3 Å². The number of aliphatic imine (C=N–C) groups is 1. The van der Waals surface area contributed by atoms with Crippen LogP contribution in [0.5, 0.6) is 0 Å². The van der Waals surface area contributed by atoms with Gasteiger partial charge in [0, 0.05) is 6.42 Å². The summed E-state index contributed by atoms with van der Waals surface area (Å²) in [6.45, 7) is 4.12. The largest absolute Gasteiger partial charge is 0.387 e. The Bertz CT molecular complexity index is 129. The Hall–Kier alpha value is -0.570. The highest BCUT2D eigenvalue weighted by Gasteiger charge is 2.05. The van der Waals surface area contributed by atoms with E-state index in [-0.39, 0.29) is 6.17 Å². The van der Waals surface area contributed by atoms with Crippen LogP contribution in [-0.2, 0) is 0 Å². The fraction of sp³-hybridized carbons (Fsp3) is 0.875. The average molecular weight is 157 g/mol. The van der Waals surface area contributed by atoms with Crippen LogP contribution in [0.25, 0.3) is 0 Å². The van der Waals surface area contributed by atoms with E-state index in [1.165, 1.54) is 0 Å². The summed E-state index contributed by atoms with van der Waals surface area (Å²) in [5.74, 6) is 0.741. The van der Waals surface area contributed by atoms with Crippen molar-refractivity contribution in [3.63, 3.8) is 0 Å². The molecule has 0 amide bonds. The predicted octanol–water partition coefficient (Wildman–Crippen LogP) is 1.05. The minimum atomic E-state index is 0.245. The molecular formula is C8H19N3. The van der Waals surface area contributed by atoms with E-state index >= 15 is 0 Å². The molecule has 0 saturated heterocycles. The molecule has 1 unspecified atom stereocenters. The molecule has 0 saturated carbocycles. The van der Waals surface area contributed by atoms with Crippen LogP contribution in [0.15, 0.2) is 4.99 Å². The molecule has 0 heterocycles. The molecule has 3 heteroatoms. The van der Waals surface area contributed by atoms with Crippen molar-refractivity contribution in [1.29, 1.82) is 0 Å². The molecule has 0 radical (unpaired) electrons. The van der Waals surface area contributed by atoms with Gasteiger partial charge < -0.3 is 5.73 Å². The fourth-order valence-electron chi connectivity index (χ4n) is 0.855. The second kappa shape index (κ2) is 5.13. The molecular weight excluding hydrogens is 138 g/mol. The molecule has 0 fully saturated rings. The molecule has 0 aromatic heterocycles. The third-order valence-electron chi connectivity index (χ3n) is 1.64. The molecule has 0 aliphatic heterocycles. The number of nitrogens with zero attached hydrogens (tertiary/aromatic N) is 2. The molecule has 0 aromatic carbocycles. The molecule has 0 rings (SSSR count). The molecule has 0 aliphatic rings. The third-order valence-corrected chi connectivity index (χ3v) is 1.64. The van der Waals surface area contributed by atoms with Gasteiger partial charge in [0.05, 0.1) is 5.84 Å². The average Bonchev–Trinajstić information content (AvgIpc) is 1.99. The first-order valence-corrected chi connectivity index (χ1v) is 4.10. The van der Waals surface area contributed by atoms with Gasteiger partial charge in [-0.05, 0) is 20.5 Å². The predicted molar refractivity (Wildman–Crippen MR) is 49.7 cm³/mol. The van der Waals surface area contributed by atoms with Crippen molar-refractivity contribution < 1.29 is 0 Å². The lowest BCUT2D eigenvalue weighted by Gasteiger charge is -2.18. The maximum atomic E-state index is 5.61. The SMILES string of the molecule is CCC(N)=NC(CC)N(C)C. The van der Waals surface area contributed by atoms with Gasteiger partial charge in [0.15, 0.2) is 0 Å². The van der Waals surface area contributed by atoms with Crippen LogP contribution in [0.3, 0.4) is 0 Å². The third kappa shape index (κ3) is 3.98. The molecule has 0 aromatic rings. The van der Waals surface area contributed by atoms with Gasteiger partial charge in [-0.3, -0.25) is 9.89 Å². The van der Waals surface area contributed by atoms with E-state index in [2.05, 4.69) is 16.8 Å². The summed E-state index contributed by atoms with van der Waals surface area (Å²) in [6, 6.07) is 0. The second-order valence-electron chi connectivity index (χ2n) is 2.83. The van der Waals surface area contributed by atoms with Crippen molar-refractivity contribution in [1.82, 2.24) is 4.90 Å². The monoisotopic (exact) mass is 157 g/mol. The lowest BCUT2D eigenvalue weighted by atomic mass is 10.3. The van der Waals surface area contributed by atoms with Crippen molar-refractivity contribution in [2.24, 2.45) is 10.7 Å². The van der Waals surface area contributed by atoms with Crippen LogP contribution in [0.1, 0.15) is 26.7 Å². The smallest absolute Gasteiger partial charge is 0.103 e. The highest BCUT2D eigenvalue weighted by molar-refractivity contribution is 5.80. The molecule has 2 N–H and O–H groups in total. The van der Waals surface area contributed by atoms with E-state index in [9.17, 15) is 0 Å². The van der Waals surface area contributed by atoms with Crippen molar-refractivity contribution in [2.75, 3.05) is 14.1 Å². The van der Waals surface area contributed by atoms with E-state index in [0.717, 1.165) is 18.7 Å². The second-order valence-corrected chi connectivity index (χ2v) is 2.83. The van der Waals surface area contributed by atoms with Crippen molar-refractivity contribution in [3.8, 4) is 0 Å². The van der Waals surface area contributed by atoms with Gasteiger partial charge in [0.2, 0.25) is 0 Å². The first-order chi connectivity index (χ1) is 5.11. The van der Waals surface area contributed by atoms with Crippen LogP contribution >= 0.6 is 0 Å². The quantitative estimate of drug-likeness (QED) is 0.489. The van der Waals surface area contributed by atoms with E-state index in [0.29, 0.717) is 0 Å². The minimum absolute atomic E-state index is 0.245. The number of hydrogen-bond donors (Lipinski definition) is 1. The topological polar surface area (TPSA) is 41.6 Å². The molecule has 0 aliphatic carbocycles. The van der Waals surface area contributed by atoms with Crippen molar-refractivity contribution in [3.05, 3.63) is 0 Å². The lowest BCUT2D eigenvalue weighted by Crippen LogP contribution is -2.28. The molecule has 0 bridgehead atoms. The van der Waals surface area contributed by atoms with Crippen LogP contribution < -0.4 is 5.73 Å². The van der Waals surface area contributed by atoms with Crippen LogP contribution in [0.2, 0.25) is 0 Å². The summed E-state index contributed by atoms with van der Waals surface area (Å²) in [7, 11) is 4.03. The maximum Gasteiger partial charge on any atom is 0.103 e. The lowest BCUT2D eigenvalue weighted by molar-refractivity contribution is 0.295. The van der Waals surface area contributed by atoms with Crippen LogP contribution in [-0.4, -0.2) is 31.0 Å². The highest BCUT2D eigenvalue weighted by Crippen LogP contribution is 2.00. The summed E-state index contributed by atoms with van der Waals surface area (Å²) in [4.78, 5) is 6.41. The van der Waals surface area contributed by atoms with Gasteiger partial charge in [-0.15, -0.1) is 0 Å². The number of amidine groups is 1. The zero-order valence-corrected chi connectivity index (χ0v) is 7.96. The zero-order chi connectivity index (χ0) is 8.85. The van der Waals surface area contributed by atoms with Gasteiger partial charge in [-0.2, -0.15) is 0 Å². The summed E-state index contributed by atoms with van der Waals surface area (Å²) >= 11 is 0. The number of rotatable bonds is 4. The van der Waals surface area contributed by atoms with Gasteiger partial charge in [-0.1, -0.05) is 13.8 Å². The first kappa shape index (κ1) is 10.4. The van der Waals surface area contributed by atoms with Crippen LogP contribution in [0, 0.1) is 0 Å². The Kier molecular flexibility index (Phi) is 4.86. The summed E-state index contributed by atoms with van der Waals surface area (Å²) in [5.41, 5.74) is 5.61. The Morgan fingerprint density at radius 1 is 1.45 bits per heavy atom. The highest BCUT2D eigenvalue weighted by atomic mass is 15.2. The first-order valence-electron chi connectivity index (χ1n) is 4.10. The van der Waals surface area contributed by atoms with Gasteiger partial charge in [0.25, 0.3) is 0 Å². The number of hydrogen-bond acceptors (Lipinski definition) is 2. The van der Waals surface area contributed by atoms with E-state index in [4.69, 9.17) is 5.73 Å². The molecule has 1 atom stereocenters. The molecule has 66 valence electrons. The maximum absolute atomic E-state index is 5.61. The fourth-order valence-corrected chi connectivity index (χ4v) is 0.855. The molecule has 0 spiro atoms. The molecule has 11 heavy (non-hydrogen) atoms. The van der Waals surface area contributed by atoms with E-state index in [1.54, 1.807) is 0 Å². The van der Waals surface area contributed by atoms with Gasteiger partial charge in [-0.25, -0.2) is 0 Å². The Morgan fingerprint density at radius 2 is 2.00 bits per heavy atom. The summed E-state index contributed by atoms with van der Waals surface area (Å²) in [6.07, 6.45) is 2.09. The van der Waals surface area contributed by atoms with Crippen LogP contribution in [0.4, 0.5) is 0 Å². The van der Waals surface area contributed by atoms with Crippen molar-refractivity contribution >= 4 is 5.84 Å². The number of nitrogens with two attached hydrogens (primary N) is 1. The zero-order valence-electron chi connectivity index (χ0n) is 7.96. The van der Waals surface area contributed by atoms with E-state index < -0.39 is 0 Å². The van der Waals surface area contributed by atoms with E-state index in [1.807, 2.05) is 21.0 Å². The minimum Gasteiger partial charge on any atom is -0.387 e.